The maximum Gasteiger partial charge on any atom is 0.192 e. The number of pyridine rings is 1. The Morgan fingerprint density at radius 2 is 1.81 bits per heavy atom. The number of ether oxygens (including phenoxy) is 2. The number of rotatable bonds is 10. The molecule has 0 spiro atoms. The molecule has 172 valence electrons. The minimum Gasteiger partial charge on any atom is -0.490 e. The van der Waals surface area contributed by atoms with Crippen molar-refractivity contribution in [1.29, 1.82) is 0 Å². The number of halogens is 1. The summed E-state index contributed by atoms with van der Waals surface area (Å²) >= 11 is 0. The van der Waals surface area contributed by atoms with Gasteiger partial charge in [-0.1, -0.05) is 12.1 Å². The highest BCUT2D eigenvalue weighted by Crippen LogP contribution is 2.30. The number of hydrogen-bond donors (Lipinski definition) is 2. The van der Waals surface area contributed by atoms with E-state index in [0.717, 1.165) is 40.9 Å². The molecule has 2 aromatic rings. The van der Waals surface area contributed by atoms with E-state index in [-0.39, 0.29) is 30.0 Å². The first kappa shape index (κ1) is 26.8. The lowest BCUT2D eigenvalue weighted by atomic mass is 10.1. The van der Waals surface area contributed by atoms with Crippen molar-refractivity contribution in [3.8, 4) is 11.5 Å². The van der Waals surface area contributed by atoms with Gasteiger partial charge >= 0.3 is 0 Å². The third-order valence-corrected chi connectivity index (χ3v) is 4.46. The first-order valence-corrected chi connectivity index (χ1v) is 10.6. The summed E-state index contributed by atoms with van der Waals surface area (Å²) in [6, 6.07) is 10.1. The number of aliphatic imine (C=N–C) groups is 1. The largest absolute Gasteiger partial charge is 0.490 e. The van der Waals surface area contributed by atoms with E-state index in [1.165, 1.54) is 0 Å². The number of nitrogens with zero attached hydrogens (tertiary/aromatic N) is 3. The quantitative estimate of drug-likeness (QED) is 0.265. The molecular weight excluding hydrogens is 505 g/mol. The zero-order valence-electron chi connectivity index (χ0n) is 19.4. The van der Waals surface area contributed by atoms with Gasteiger partial charge in [-0.3, -0.25) is 0 Å². The highest BCUT2D eigenvalue weighted by atomic mass is 127. The van der Waals surface area contributed by atoms with E-state index >= 15 is 0 Å². The molecule has 1 unspecified atom stereocenters. The Kier molecular flexibility index (Phi) is 12.1. The molecule has 8 heteroatoms. The first-order valence-electron chi connectivity index (χ1n) is 10.6. The minimum atomic E-state index is 0. The predicted molar refractivity (Wildman–Crippen MR) is 139 cm³/mol. The molecule has 0 aliphatic heterocycles. The van der Waals surface area contributed by atoms with Gasteiger partial charge in [0.15, 0.2) is 17.5 Å². The summed E-state index contributed by atoms with van der Waals surface area (Å²) < 4.78 is 11.4. The van der Waals surface area contributed by atoms with Crippen molar-refractivity contribution in [2.75, 3.05) is 38.8 Å². The van der Waals surface area contributed by atoms with E-state index in [1.54, 1.807) is 6.20 Å². The van der Waals surface area contributed by atoms with Crippen LogP contribution in [0.25, 0.3) is 0 Å². The number of anilines is 1. The number of benzene rings is 1. The first-order chi connectivity index (χ1) is 14.5. The number of nitrogens with one attached hydrogen (secondary N) is 2. The second-order valence-electron chi connectivity index (χ2n) is 7.01. The summed E-state index contributed by atoms with van der Waals surface area (Å²) in [6.45, 7) is 10.6. The fourth-order valence-corrected chi connectivity index (χ4v) is 3.07. The Morgan fingerprint density at radius 1 is 1.10 bits per heavy atom. The maximum atomic E-state index is 5.76. The van der Waals surface area contributed by atoms with E-state index in [1.807, 2.05) is 51.0 Å². The maximum absolute atomic E-state index is 5.76. The molecule has 0 saturated heterocycles. The third kappa shape index (κ3) is 8.08. The van der Waals surface area contributed by atoms with Crippen LogP contribution in [-0.2, 0) is 6.54 Å². The van der Waals surface area contributed by atoms with Crippen LogP contribution in [-0.4, -0.2) is 44.8 Å². The van der Waals surface area contributed by atoms with E-state index in [2.05, 4.69) is 41.6 Å². The van der Waals surface area contributed by atoms with E-state index < -0.39 is 0 Å². The zero-order chi connectivity index (χ0) is 21.9. The standard InChI is InChI=1S/C23H35N5O2.HI/c1-7-24-23(26-16-19-11-10-14-25-22(19)28(5)6)27-17(4)18-12-13-20(29-8-2)21(15-18)30-9-3;/h10-15,17H,7-9,16H2,1-6H3,(H2,24,26,27);1H. The molecule has 2 N–H and O–H groups in total. The van der Waals surface area contributed by atoms with Crippen molar-refractivity contribution in [3.05, 3.63) is 47.7 Å². The summed E-state index contributed by atoms with van der Waals surface area (Å²) in [5.74, 6) is 3.21. The van der Waals surface area contributed by atoms with Crippen LogP contribution < -0.4 is 25.0 Å². The topological polar surface area (TPSA) is 71.0 Å². The van der Waals surface area contributed by atoms with Crippen LogP contribution in [0.3, 0.4) is 0 Å². The van der Waals surface area contributed by atoms with Crippen molar-refractivity contribution >= 4 is 35.8 Å². The van der Waals surface area contributed by atoms with Crippen LogP contribution in [0.1, 0.15) is 44.9 Å². The van der Waals surface area contributed by atoms with Crippen LogP contribution in [0.15, 0.2) is 41.5 Å². The van der Waals surface area contributed by atoms with Crippen LogP contribution in [0.4, 0.5) is 5.82 Å². The number of aromatic nitrogens is 1. The van der Waals surface area contributed by atoms with Gasteiger partial charge in [0.05, 0.1) is 25.8 Å². The Labute approximate surface area is 203 Å². The lowest BCUT2D eigenvalue weighted by molar-refractivity contribution is 0.287. The molecule has 2 rings (SSSR count). The average molecular weight is 541 g/mol. The Bertz CT molecular complexity index is 829. The molecular formula is C23H36IN5O2. The second kappa shape index (κ2) is 14.0. The van der Waals surface area contributed by atoms with Gasteiger partial charge in [0, 0.05) is 32.4 Å². The Morgan fingerprint density at radius 3 is 2.45 bits per heavy atom. The fourth-order valence-electron chi connectivity index (χ4n) is 3.07. The van der Waals surface area contributed by atoms with E-state index in [4.69, 9.17) is 14.5 Å². The second-order valence-corrected chi connectivity index (χ2v) is 7.01. The molecule has 0 aliphatic carbocycles. The Balaban J connectivity index is 0.00000480. The van der Waals surface area contributed by atoms with E-state index in [9.17, 15) is 0 Å². The van der Waals surface area contributed by atoms with Gasteiger partial charge in [0.2, 0.25) is 0 Å². The van der Waals surface area contributed by atoms with Crippen LogP contribution in [0, 0.1) is 0 Å². The summed E-state index contributed by atoms with van der Waals surface area (Å²) in [4.78, 5) is 11.2. The molecule has 7 nitrogen and oxygen atoms in total. The van der Waals surface area contributed by atoms with Gasteiger partial charge in [0.1, 0.15) is 5.82 Å². The third-order valence-electron chi connectivity index (χ3n) is 4.46. The number of hydrogen-bond acceptors (Lipinski definition) is 5. The summed E-state index contributed by atoms with van der Waals surface area (Å²) in [5, 5.41) is 6.81. The molecule has 1 heterocycles. The summed E-state index contributed by atoms with van der Waals surface area (Å²) in [7, 11) is 3.98. The normalized spacial score (nSPS) is 11.9. The van der Waals surface area contributed by atoms with Crippen LogP contribution in [0.5, 0.6) is 11.5 Å². The van der Waals surface area contributed by atoms with Crippen molar-refractivity contribution < 1.29 is 9.47 Å². The molecule has 0 fully saturated rings. The smallest absolute Gasteiger partial charge is 0.192 e. The SMILES string of the molecule is CCNC(=NCc1cccnc1N(C)C)NC(C)c1ccc(OCC)c(OCC)c1.I. The van der Waals surface area contributed by atoms with Gasteiger partial charge in [-0.25, -0.2) is 9.98 Å². The average Bonchev–Trinajstić information content (AvgIpc) is 2.73. The molecule has 0 aliphatic rings. The van der Waals surface area contributed by atoms with Crippen molar-refractivity contribution in [3.63, 3.8) is 0 Å². The van der Waals surface area contributed by atoms with Gasteiger partial charge in [-0.05, 0) is 51.5 Å². The predicted octanol–water partition coefficient (Wildman–Crippen LogP) is 4.38. The lowest BCUT2D eigenvalue weighted by Crippen LogP contribution is -2.38. The number of guanidine groups is 1. The molecule has 0 radical (unpaired) electrons. The minimum absolute atomic E-state index is 0. The molecule has 1 atom stereocenters. The molecule has 0 bridgehead atoms. The highest BCUT2D eigenvalue weighted by Gasteiger charge is 2.13. The molecule has 0 saturated carbocycles. The lowest BCUT2D eigenvalue weighted by Gasteiger charge is -2.20. The van der Waals surface area contributed by atoms with Crippen LogP contribution in [0.2, 0.25) is 0 Å². The van der Waals surface area contributed by atoms with Gasteiger partial charge < -0.3 is 25.0 Å². The molecule has 1 aromatic carbocycles. The summed E-state index contributed by atoms with van der Waals surface area (Å²) in [6.07, 6.45) is 1.80. The summed E-state index contributed by atoms with van der Waals surface area (Å²) in [5.41, 5.74) is 2.18. The zero-order valence-corrected chi connectivity index (χ0v) is 21.8. The molecule has 0 amide bonds. The van der Waals surface area contributed by atoms with Crippen LogP contribution >= 0.6 is 24.0 Å². The molecule has 1 aromatic heterocycles. The highest BCUT2D eigenvalue weighted by molar-refractivity contribution is 14.0. The molecule has 31 heavy (non-hydrogen) atoms. The van der Waals surface area contributed by atoms with Gasteiger partial charge in [0.25, 0.3) is 0 Å². The fraction of sp³-hybridized carbons (Fsp3) is 0.478. The van der Waals surface area contributed by atoms with Crippen molar-refractivity contribution in [1.82, 2.24) is 15.6 Å². The van der Waals surface area contributed by atoms with Crippen molar-refractivity contribution in [2.24, 2.45) is 4.99 Å². The van der Waals surface area contributed by atoms with Crippen molar-refractivity contribution in [2.45, 2.75) is 40.3 Å². The van der Waals surface area contributed by atoms with E-state index in [0.29, 0.717) is 19.8 Å². The monoisotopic (exact) mass is 541 g/mol. The van der Waals surface area contributed by atoms with Gasteiger partial charge in [-0.15, -0.1) is 24.0 Å². The van der Waals surface area contributed by atoms with Gasteiger partial charge in [-0.2, -0.15) is 0 Å². The Hall–Kier alpha value is -2.23.